The van der Waals surface area contributed by atoms with Crippen LogP contribution in [-0.2, 0) is 0 Å². The van der Waals surface area contributed by atoms with Crippen molar-refractivity contribution in [2.45, 2.75) is 32.3 Å². The van der Waals surface area contributed by atoms with E-state index in [1.807, 2.05) is 0 Å². The Morgan fingerprint density at radius 3 is 2.00 bits per heavy atom. The van der Waals surface area contributed by atoms with Crippen LogP contribution < -0.4 is 0 Å². The lowest BCUT2D eigenvalue weighted by atomic mass is 10.3. The van der Waals surface area contributed by atoms with Gasteiger partial charge in [-0.1, -0.05) is 20.3 Å². The minimum atomic E-state index is 0.332. The molecule has 1 unspecified atom stereocenters. The zero-order chi connectivity index (χ0) is 6.57. The van der Waals surface area contributed by atoms with Crippen molar-refractivity contribution in [3.8, 4) is 0 Å². The summed E-state index contributed by atoms with van der Waals surface area (Å²) in [5.74, 6) is 0. The van der Waals surface area contributed by atoms with Gasteiger partial charge in [0.25, 0.3) is 0 Å². The maximum Gasteiger partial charge on any atom is -0.0243 e. The molecule has 0 aromatic heterocycles. The SMILES string of the molecule is CCCC(C)P(C)C. The minimum absolute atomic E-state index is 0.332. The van der Waals surface area contributed by atoms with Crippen LogP contribution in [0.5, 0.6) is 0 Å². The van der Waals surface area contributed by atoms with Gasteiger partial charge in [-0.05, 0) is 25.4 Å². The molecule has 0 rings (SSSR count). The van der Waals surface area contributed by atoms with E-state index in [-0.39, 0.29) is 0 Å². The quantitative estimate of drug-likeness (QED) is 0.518. The van der Waals surface area contributed by atoms with Crippen molar-refractivity contribution in [2.24, 2.45) is 0 Å². The van der Waals surface area contributed by atoms with Crippen molar-refractivity contribution in [2.75, 3.05) is 13.3 Å². The number of hydrogen-bond donors (Lipinski definition) is 0. The third kappa shape index (κ3) is 3.43. The molecule has 0 radical (unpaired) electrons. The summed E-state index contributed by atoms with van der Waals surface area (Å²) in [6.45, 7) is 9.33. The van der Waals surface area contributed by atoms with E-state index in [2.05, 4.69) is 27.2 Å². The maximum atomic E-state index is 2.36. The molecule has 0 spiro atoms. The molecule has 0 aliphatic carbocycles. The van der Waals surface area contributed by atoms with Crippen molar-refractivity contribution >= 4 is 7.92 Å². The van der Waals surface area contributed by atoms with Gasteiger partial charge >= 0.3 is 0 Å². The van der Waals surface area contributed by atoms with Crippen LogP contribution in [0.1, 0.15) is 26.7 Å². The van der Waals surface area contributed by atoms with Gasteiger partial charge in [0.1, 0.15) is 0 Å². The predicted molar refractivity (Wildman–Crippen MR) is 43.1 cm³/mol. The second-order valence-electron chi connectivity index (χ2n) is 2.60. The number of hydrogen-bond acceptors (Lipinski definition) is 0. The van der Waals surface area contributed by atoms with Crippen LogP contribution in [0.25, 0.3) is 0 Å². The normalized spacial score (nSPS) is 14.6. The highest BCUT2D eigenvalue weighted by Crippen LogP contribution is 2.34. The Morgan fingerprint density at radius 1 is 1.38 bits per heavy atom. The molecule has 0 saturated carbocycles. The highest BCUT2D eigenvalue weighted by molar-refractivity contribution is 7.56. The molecule has 0 aromatic carbocycles. The smallest absolute Gasteiger partial charge is 0.0243 e. The first kappa shape index (κ1) is 8.43. The average Bonchev–Trinajstić information content (AvgIpc) is 1.67. The topological polar surface area (TPSA) is 0 Å². The van der Waals surface area contributed by atoms with Gasteiger partial charge in [-0.3, -0.25) is 0 Å². The summed E-state index contributed by atoms with van der Waals surface area (Å²) in [4.78, 5) is 0. The third-order valence-corrected chi connectivity index (χ3v) is 3.61. The molecule has 0 aliphatic heterocycles. The van der Waals surface area contributed by atoms with E-state index in [1.165, 1.54) is 12.8 Å². The molecule has 0 saturated heterocycles. The van der Waals surface area contributed by atoms with Crippen molar-refractivity contribution in [3.63, 3.8) is 0 Å². The summed E-state index contributed by atoms with van der Waals surface area (Å²) in [5, 5.41) is 0. The number of rotatable bonds is 3. The first-order valence-electron chi connectivity index (χ1n) is 3.35. The Labute approximate surface area is 54.4 Å². The monoisotopic (exact) mass is 132 g/mol. The first-order valence-corrected chi connectivity index (χ1v) is 5.65. The highest BCUT2D eigenvalue weighted by atomic mass is 31.1. The first-order chi connectivity index (χ1) is 3.68. The molecular formula is C7H17P. The predicted octanol–water partition coefficient (Wildman–Crippen LogP) is 2.92. The van der Waals surface area contributed by atoms with Crippen molar-refractivity contribution in [1.29, 1.82) is 0 Å². The summed E-state index contributed by atoms with van der Waals surface area (Å²) in [5.41, 5.74) is 0.981. The molecule has 0 heterocycles. The molecule has 0 amide bonds. The zero-order valence-electron chi connectivity index (χ0n) is 6.44. The van der Waals surface area contributed by atoms with Gasteiger partial charge < -0.3 is 0 Å². The van der Waals surface area contributed by atoms with Crippen molar-refractivity contribution in [3.05, 3.63) is 0 Å². The molecule has 8 heavy (non-hydrogen) atoms. The van der Waals surface area contributed by atoms with E-state index in [4.69, 9.17) is 0 Å². The van der Waals surface area contributed by atoms with Crippen molar-refractivity contribution in [1.82, 2.24) is 0 Å². The lowest BCUT2D eigenvalue weighted by Crippen LogP contribution is -1.95. The summed E-state index contributed by atoms with van der Waals surface area (Å²) < 4.78 is 0. The Morgan fingerprint density at radius 2 is 1.88 bits per heavy atom. The van der Waals surface area contributed by atoms with E-state index in [0.29, 0.717) is 7.92 Å². The van der Waals surface area contributed by atoms with Gasteiger partial charge in [-0.2, -0.15) is 0 Å². The van der Waals surface area contributed by atoms with E-state index in [1.54, 1.807) is 0 Å². The second-order valence-corrected chi connectivity index (χ2v) is 5.41. The van der Waals surface area contributed by atoms with Crippen LogP contribution in [0.2, 0.25) is 0 Å². The second kappa shape index (κ2) is 4.32. The lowest BCUT2D eigenvalue weighted by molar-refractivity contribution is 0.780. The highest BCUT2D eigenvalue weighted by Gasteiger charge is 2.02. The Kier molecular flexibility index (Phi) is 4.56. The lowest BCUT2D eigenvalue weighted by Gasteiger charge is -2.13. The van der Waals surface area contributed by atoms with E-state index >= 15 is 0 Å². The molecule has 1 heteroatoms. The Hall–Kier alpha value is 0.430. The molecule has 0 bridgehead atoms. The van der Waals surface area contributed by atoms with Gasteiger partial charge in [-0.25, -0.2) is 0 Å². The van der Waals surface area contributed by atoms with Crippen LogP contribution in [-0.4, -0.2) is 19.0 Å². The maximum absolute atomic E-state index is 2.36. The fourth-order valence-corrected chi connectivity index (χ4v) is 1.45. The van der Waals surface area contributed by atoms with Crippen LogP contribution in [0.15, 0.2) is 0 Å². The molecule has 0 aliphatic rings. The zero-order valence-corrected chi connectivity index (χ0v) is 7.33. The largest absolute Gasteiger partial charge is 0.110 e. The summed E-state index contributed by atoms with van der Waals surface area (Å²) in [6, 6.07) is 0. The van der Waals surface area contributed by atoms with Crippen LogP contribution in [0.3, 0.4) is 0 Å². The van der Waals surface area contributed by atoms with Gasteiger partial charge in [0.2, 0.25) is 0 Å². The molecule has 50 valence electrons. The molecule has 1 atom stereocenters. The van der Waals surface area contributed by atoms with E-state index < -0.39 is 0 Å². The summed E-state index contributed by atoms with van der Waals surface area (Å²) in [7, 11) is 0.332. The fourth-order valence-electron chi connectivity index (χ4n) is 0.676. The Balaban J connectivity index is 3.17. The van der Waals surface area contributed by atoms with Crippen LogP contribution in [0.4, 0.5) is 0 Å². The molecule has 0 N–H and O–H groups in total. The molecular weight excluding hydrogens is 115 g/mol. The van der Waals surface area contributed by atoms with Crippen LogP contribution >= 0.6 is 7.92 Å². The minimum Gasteiger partial charge on any atom is -0.110 e. The van der Waals surface area contributed by atoms with Gasteiger partial charge in [-0.15, -0.1) is 7.92 Å². The third-order valence-electron chi connectivity index (χ3n) is 1.59. The molecule has 0 nitrogen and oxygen atoms in total. The Bertz CT molecular complexity index is 50.3. The van der Waals surface area contributed by atoms with E-state index in [9.17, 15) is 0 Å². The van der Waals surface area contributed by atoms with Crippen LogP contribution in [0, 0.1) is 0 Å². The van der Waals surface area contributed by atoms with Gasteiger partial charge in [0.15, 0.2) is 0 Å². The van der Waals surface area contributed by atoms with E-state index in [0.717, 1.165) is 5.66 Å². The summed E-state index contributed by atoms with van der Waals surface area (Å²) in [6.07, 6.45) is 2.76. The standard InChI is InChI=1S/C7H17P/c1-5-6-7(2)8(3)4/h7H,5-6H2,1-4H3. The van der Waals surface area contributed by atoms with Gasteiger partial charge in [0.05, 0.1) is 0 Å². The van der Waals surface area contributed by atoms with Crippen molar-refractivity contribution < 1.29 is 0 Å². The average molecular weight is 132 g/mol. The molecule has 0 fully saturated rings. The molecule has 0 aromatic rings. The fraction of sp³-hybridized carbons (Fsp3) is 1.00. The van der Waals surface area contributed by atoms with Gasteiger partial charge in [0, 0.05) is 0 Å². The summed E-state index contributed by atoms with van der Waals surface area (Å²) >= 11 is 0.